The number of amides is 2. The van der Waals surface area contributed by atoms with E-state index in [1.807, 2.05) is 0 Å². The maximum absolute atomic E-state index is 12.8. The topological polar surface area (TPSA) is 128 Å². The van der Waals surface area contributed by atoms with Crippen LogP contribution in [-0.2, 0) is 21.8 Å². The van der Waals surface area contributed by atoms with Gasteiger partial charge in [-0.05, 0) is 30.7 Å². The largest absolute Gasteiger partial charge is 0.493 e. The number of rotatable bonds is 9. The normalized spacial score (nSPS) is 14.4. The van der Waals surface area contributed by atoms with Gasteiger partial charge in [-0.3, -0.25) is 20.4 Å². The Morgan fingerprint density at radius 3 is 2.47 bits per heavy atom. The number of carbonyl (C=O) groups is 2. The molecule has 1 aromatic carbocycles. The number of benzene rings is 1. The fourth-order valence-electron chi connectivity index (χ4n) is 3.34. The van der Waals surface area contributed by atoms with Gasteiger partial charge in [-0.1, -0.05) is 13.3 Å². The van der Waals surface area contributed by atoms with E-state index in [1.54, 1.807) is 19.2 Å². The highest BCUT2D eigenvalue weighted by Crippen LogP contribution is 2.28. The Morgan fingerprint density at radius 1 is 1.09 bits per heavy atom. The molecule has 1 aliphatic heterocycles. The number of hydrogen-bond acceptors (Lipinski definition) is 7. The number of morpholine rings is 1. The van der Waals surface area contributed by atoms with E-state index < -0.39 is 21.8 Å². The lowest BCUT2D eigenvalue weighted by atomic mass is 10.2. The fourth-order valence-corrected chi connectivity index (χ4v) is 4.82. The van der Waals surface area contributed by atoms with Crippen molar-refractivity contribution in [2.45, 2.75) is 24.7 Å². The Hall–Kier alpha value is -3.09. The zero-order chi connectivity index (χ0) is 24.7. The molecule has 2 aromatic rings. The van der Waals surface area contributed by atoms with Crippen molar-refractivity contribution >= 4 is 21.8 Å². The number of sulfonamides is 1. The van der Waals surface area contributed by atoms with Crippen LogP contribution >= 0.6 is 0 Å². The predicted octanol–water partition coefficient (Wildman–Crippen LogP) is 1.31. The summed E-state index contributed by atoms with van der Waals surface area (Å²) in [6, 6.07) is 5.97. The summed E-state index contributed by atoms with van der Waals surface area (Å²) in [6.45, 7) is 3.74. The lowest BCUT2D eigenvalue weighted by Gasteiger charge is -2.25. The third-order valence-electron chi connectivity index (χ3n) is 5.29. The van der Waals surface area contributed by atoms with Gasteiger partial charge in [-0.25, -0.2) is 8.42 Å². The number of nitrogens with one attached hydrogen (secondary N) is 2. The van der Waals surface area contributed by atoms with Gasteiger partial charge >= 0.3 is 0 Å². The van der Waals surface area contributed by atoms with Crippen LogP contribution in [0.1, 0.15) is 40.6 Å². The average molecular weight is 495 g/mol. The minimum absolute atomic E-state index is 0.00299. The molecule has 1 fully saturated rings. The lowest BCUT2D eigenvalue weighted by Crippen LogP contribution is -2.42. The van der Waals surface area contributed by atoms with Crippen molar-refractivity contribution in [2.24, 2.45) is 7.05 Å². The van der Waals surface area contributed by atoms with E-state index in [1.165, 1.54) is 34.3 Å². The second-order valence-corrected chi connectivity index (χ2v) is 9.60. The third-order valence-corrected chi connectivity index (χ3v) is 7.16. The molecule has 1 aromatic heterocycles. The Morgan fingerprint density at radius 2 is 1.79 bits per heavy atom. The molecule has 12 heteroatoms. The predicted molar refractivity (Wildman–Crippen MR) is 123 cm³/mol. The van der Waals surface area contributed by atoms with Crippen molar-refractivity contribution < 1.29 is 32.2 Å². The number of hydrazine groups is 1. The first-order valence-electron chi connectivity index (χ1n) is 10.9. The molecule has 34 heavy (non-hydrogen) atoms. The summed E-state index contributed by atoms with van der Waals surface area (Å²) < 4.78 is 44.5. The Kier molecular flexibility index (Phi) is 8.53. The molecule has 11 nitrogen and oxygen atoms in total. The molecule has 1 saturated heterocycles. The molecular weight excluding hydrogens is 464 g/mol. The second-order valence-electron chi connectivity index (χ2n) is 7.66. The molecule has 0 atom stereocenters. The highest BCUT2D eigenvalue weighted by Gasteiger charge is 2.29. The average Bonchev–Trinajstić information content (AvgIpc) is 3.25. The number of unbranched alkanes of at least 4 members (excludes halogenated alkanes) is 1. The van der Waals surface area contributed by atoms with Crippen LogP contribution < -0.4 is 20.3 Å². The van der Waals surface area contributed by atoms with Gasteiger partial charge in [0.15, 0.2) is 11.5 Å². The number of aromatic nitrogens is 1. The van der Waals surface area contributed by atoms with Crippen molar-refractivity contribution in [3.63, 3.8) is 0 Å². The molecule has 2 heterocycles. The summed E-state index contributed by atoms with van der Waals surface area (Å²) in [7, 11) is -0.724. The molecule has 0 saturated carbocycles. The van der Waals surface area contributed by atoms with Crippen LogP contribution in [0.2, 0.25) is 0 Å². The van der Waals surface area contributed by atoms with E-state index in [9.17, 15) is 18.0 Å². The molecule has 1 aliphatic rings. The summed E-state index contributed by atoms with van der Waals surface area (Å²) in [5, 5.41) is 0. The molecule has 0 radical (unpaired) electrons. The second kappa shape index (κ2) is 11.4. The monoisotopic (exact) mass is 494 g/mol. The number of carbonyl (C=O) groups excluding carboxylic acids is 2. The highest BCUT2D eigenvalue weighted by molar-refractivity contribution is 7.89. The Labute approximate surface area is 199 Å². The van der Waals surface area contributed by atoms with Crippen LogP contribution in [0.25, 0.3) is 0 Å². The minimum Gasteiger partial charge on any atom is -0.493 e. The number of hydrogen-bond donors (Lipinski definition) is 2. The van der Waals surface area contributed by atoms with E-state index in [0.29, 0.717) is 31.3 Å². The van der Waals surface area contributed by atoms with E-state index in [2.05, 4.69) is 17.8 Å². The van der Waals surface area contributed by atoms with Crippen molar-refractivity contribution in [1.82, 2.24) is 19.7 Å². The maximum Gasteiger partial charge on any atom is 0.286 e. The fraction of sp³-hybridized carbons (Fsp3) is 0.455. The van der Waals surface area contributed by atoms with Crippen LogP contribution in [0.3, 0.4) is 0 Å². The van der Waals surface area contributed by atoms with Gasteiger partial charge in [-0.15, -0.1) is 0 Å². The van der Waals surface area contributed by atoms with E-state index in [4.69, 9.17) is 14.2 Å². The number of methoxy groups -OCH3 is 1. The molecule has 0 spiro atoms. The third kappa shape index (κ3) is 5.88. The summed E-state index contributed by atoms with van der Waals surface area (Å²) in [5.41, 5.74) is 4.98. The highest BCUT2D eigenvalue weighted by atomic mass is 32.2. The van der Waals surface area contributed by atoms with E-state index >= 15 is 0 Å². The van der Waals surface area contributed by atoms with E-state index in [0.717, 1.165) is 12.8 Å². The zero-order valence-electron chi connectivity index (χ0n) is 19.5. The van der Waals surface area contributed by atoms with Gasteiger partial charge in [0, 0.05) is 31.9 Å². The quantitative estimate of drug-likeness (QED) is 0.397. The molecule has 0 unspecified atom stereocenters. The summed E-state index contributed by atoms with van der Waals surface area (Å²) in [4.78, 5) is 25.2. The molecule has 0 bridgehead atoms. The van der Waals surface area contributed by atoms with E-state index in [-0.39, 0.29) is 29.2 Å². The van der Waals surface area contributed by atoms with Crippen LogP contribution in [0, 0.1) is 0 Å². The van der Waals surface area contributed by atoms with Gasteiger partial charge < -0.3 is 18.8 Å². The van der Waals surface area contributed by atoms with Crippen LogP contribution in [-0.4, -0.2) is 69.1 Å². The van der Waals surface area contributed by atoms with Gasteiger partial charge in [0.1, 0.15) is 10.6 Å². The smallest absolute Gasteiger partial charge is 0.286 e. The first kappa shape index (κ1) is 25.5. The molecule has 3 rings (SSSR count). The van der Waals surface area contributed by atoms with Crippen LogP contribution in [0.5, 0.6) is 11.5 Å². The summed E-state index contributed by atoms with van der Waals surface area (Å²) in [5.74, 6) is -0.308. The lowest BCUT2D eigenvalue weighted by molar-refractivity contribution is 0.0730. The van der Waals surface area contributed by atoms with Crippen molar-refractivity contribution in [3.8, 4) is 11.5 Å². The number of nitrogens with zero attached hydrogens (tertiary/aromatic N) is 2. The number of aryl methyl sites for hydroxylation is 1. The molecule has 2 amide bonds. The Balaban J connectivity index is 1.65. The van der Waals surface area contributed by atoms with Crippen LogP contribution in [0.15, 0.2) is 35.4 Å². The van der Waals surface area contributed by atoms with Crippen molar-refractivity contribution in [3.05, 3.63) is 41.7 Å². The SMILES string of the molecule is CCCCOc1ccc(C(=O)NNC(=O)c2cc(S(=O)(=O)N3CCOCC3)cn2C)cc1OC. The van der Waals surface area contributed by atoms with Gasteiger partial charge in [0.25, 0.3) is 11.8 Å². The van der Waals surface area contributed by atoms with Crippen molar-refractivity contribution in [1.29, 1.82) is 0 Å². The summed E-state index contributed by atoms with van der Waals surface area (Å²) >= 11 is 0. The molecular formula is C22H30N4O7S. The first-order chi connectivity index (χ1) is 16.3. The molecule has 186 valence electrons. The first-order valence-corrected chi connectivity index (χ1v) is 12.4. The Bertz CT molecular complexity index is 1120. The standard InChI is InChI=1S/C22H30N4O7S/c1-4-5-10-33-19-7-6-16(13-20(19)31-3)21(27)23-24-22(28)18-14-17(15-25(18)2)34(29,30)26-8-11-32-12-9-26/h6-7,13-15H,4-5,8-12H2,1-3H3,(H,23,27)(H,24,28). The van der Waals surface area contributed by atoms with Gasteiger partial charge in [0.2, 0.25) is 10.0 Å². The molecule has 0 aliphatic carbocycles. The zero-order valence-corrected chi connectivity index (χ0v) is 20.3. The molecule has 2 N–H and O–H groups in total. The van der Waals surface area contributed by atoms with Crippen molar-refractivity contribution in [2.75, 3.05) is 40.0 Å². The van der Waals surface area contributed by atoms with Crippen LogP contribution in [0.4, 0.5) is 0 Å². The maximum atomic E-state index is 12.8. The number of ether oxygens (including phenoxy) is 3. The summed E-state index contributed by atoms with van der Waals surface area (Å²) in [6.07, 6.45) is 3.25. The van der Waals surface area contributed by atoms with Gasteiger partial charge in [0.05, 0.1) is 26.9 Å². The van der Waals surface area contributed by atoms with Gasteiger partial charge in [-0.2, -0.15) is 4.31 Å². The minimum atomic E-state index is -3.75.